The molecule has 1 aliphatic rings. The number of hydrogen-bond acceptors (Lipinski definition) is 4. The molecule has 0 fully saturated rings. The van der Waals surface area contributed by atoms with Gasteiger partial charge in [-0.2, -0.15) is 5.10 Å². The van der Waals surface area contributed by atoms with Crippen LogP contribution in [0.2, 0.25) is 0 Å². The van der Waals surface area contributed by atoms with Crippen molar-refractivity contribution in [3.05, 3.63) is 59.8 Å². The van der Waals surface area contributed by atoms with Gasteiger partial charge >= 0.3 is 0 Å². The number of nitrogens with zero attached hydrogens (tertiary/aromatic N) is 1. The predicted octanol–water partition coefficient (Wildman–Crippen LogP) is 3.02. The van der Waals surface area contributed by atoms with Crippen molar-refractivity contribution in [3.8, 4) is 11.5 Å². The van der Waals surface area contributed by atoms with E-state index in [1.165, 1.54) is 0 Å². The topological polar surface area (TPSA) is 75.7 Å². The summed E-state index contributed by atoms with van der Waals surface area (Å²) in [6.07, 6.45) is 4.59. The normalized spacial score (nSPS) is 13.2. The monoisotopic (exact) mass is 349 g/mol. The minimum Gasteiger partial charge on any atom is -0.486 e. The summed E-state index contributed by atoms with van der Waals surface area (Å²) < 4.78 is 11.0. The molecule has 0 aliphatic carbocycles. The number of fused-ring (bicyclic) bond motifs is 2. The zero-order chi connectivity index (χ0) is 17.8. The Morgan fingerprint density at radius 2 is 2.00 bits per heavy atom. The molecule has 0 saturated carbocycles. The highest BCUT2D eigenvalue weighted by Crippen LogP contribution is 2.30. The minimum atomic E-state index is -0.121. The first-order chi connectivity index (χ1) is 12.8. The van der Waals surface area contributed by atoms with E-state index in [0.717, 1.165) is 27.8 Å². The molecule has 2 N–H and O–H groups in total. The number of aromatic nitrogens is 1. The third-order valence-electron chi connectivity index (χ3n) is 4.27. The molecule has 1 aromatic heterocycles. The number of aryl methyl sites for hydroxylation is 1. The zero-order valence-corrected chi connectivity index (χ0v) is 14.2. The van der Waals surface area contributed by atoms with Crippen LogP contribution in [0.5, 0.6) is 11.5 Å². The summed E-state index contributed by atoms with van der Waals surface area (Å²) in [5.74, 6) is 1.31. The summed E-state index contributed by atoms with van der Waals surface area (Å²) in [5, 5.41) is 5.18. The molecule has 0 unspecified atom stereocenters. The van der Waals surface area contributed by atoms with Crippen molar-refractivity contribution >= 4 is 23.0 Å². The average Bonchev–Trinajstić information content (AvgIpc) is 3.09. The van der Waals surface area contributed by atoms with Crippen LogP contribution in [0, 0.1) is 0 Å². The molecule has 132 valence electrons. The number of carbonyl (C=O) groups is 1. The quantitative estimate of drug-likeness (QED) is 0.549. The van der Waals surface area contributed by atoms with Gasteiger partial charge in [0.15, 0.2) is 11.5 Å². The molecule has 6 nitrogen and oxygen atoms in total. The van der Waals surface area contributed by atoms with Crippen molar-refractivity contribution in [1.29, 1.82) is 0 Å². The SMILES string of the molecule is O=C(CCc1c[nH]c2ccccc12)N/N=C/c1ccc2c(c1)OCCO2. The molecule has 0 radical (unpaired) electrons. The number of nitrogens with one attached hydrogen (secondary N) is 2. The highest BCUT2D eigenvalue weighted by Gasteiger charge is 2.11. The van der Waals surface area contributed by atoms with E-state index in [-0.39, 0.29) is 5.91 Å². The molecule has 1 amide bonds. The third kappa shape index (κ3) is 3.54. The zero-order valence-electron chi connectivity index (χ0n) is 14.2. The number of amides is 1. The van der Waals surface area contributed by atoms with E-state index in [2.05, 4.69) is 21.6 Å². The molecule has 0 bridgehead atoms. The van der Waals surface area contributed by atoms with Crippen LogP contribution in [0.1, 0.15) is 17.5 Å². The first-order valence-electron chi connectivity index (χ1n) is 8.56. The fourth-order valence-corrected chi connectivity index (χ4v) is 2.96. The number of rotatable bonds is 5. The average molecular weight is 349 g/mol. The fourth-order valence-electron chi connectivity index (χ4n) is 2.96. The maximum atomic E-state index is 12.0. The molecular formula is C20H19N3O3. The smallest absolute Gasteiger partial charge is 0.240 e. The van der Waals surface area contributed by atoms with Gasteiger partial charge in [-0.05, 0) is 41.8 Å². The van der Waals surface area contributed by atoms with Gasteiger partial charge in [0, 0.05) is 23.5 Å². The van der Waals surface area contributed by atoms with Crippen LogP contribution < -0.4 is 14.9 Å². The van der Waals surface area contributed by atoms with E-state index in [1.54, 1.807) is 6.21 Å². The molecule has 26 heavy (non-hydrogen) atoms. The number of aromatic amines is 1. The summed E-state index contributed by atoms with van der Waals surface area (Å²) in [6.45, 7) is 1.10. The Morgan fingerprint density at radius 1 is 1.15 bits per heavy atom. The first kappa shape index (κ1) is 16.2. The van der Waals surface area contributed by atoms with Crippen molar-refractivity contribution in [2.45, 2.75) is 12.8 Å². The molecule has 1 aliphatic heterocycles. The molecule has 6 heteroatoms. The van der Waals surface area contributed by atoms with Crippen molar-refractivity contribution < 1.29 is 14.3 Å². The highest BCUT2D eigenvalue weighted by molar-refractivity contribution is 5.85. The van der Waals surface area contributed by atoms with E-state index in [0.29, 0.717) is 31.8 Å². The van der Waals surface area contributed by atoms with Crippen LogP contribution in [0.25, 0.3) is 10.9 Å². The van der Waals surface area contributed by atoms with E-state index in [1.807, 2.05) is 42.6 Å². The summed E-state index contributed by atoms with van der Waals surface area (Å²) in [6, 6.07) is 13.6. The van der Waals surface area contributed by atoms with Crippen molar-refractivity contribution in [3.63, 3.8) is 0 Å². The second-order valence-corrected chi connectivity index (χ2v) is 6.06. The Kier molecular flexibility index (Phi) is 4.55. The lowest BCUT2D eigenvalue weighted by Gasteiger charge is -2.18. The first-order valence-corrected chi connectivity index (χ1v) is 8.56. The molecule has 0 spiro atoms. The lowest BCUT2D eigenvalue weighted by Crippen LogP contribution is -2.18. The van der Waals surface area contributed by atoms with Gasteiger partial charge in [-0.3, -0.25) is 4.79 Å². The van der Waals surface area contributed by atoms with Crippen molar-refractivity contribution in [2.24, 2.45) is 5.10 Å². The van der Waals surface area contributed by atoms with Crippen molar-refractivity contribution in [1.82, 2.24) is 10.4 Å². The van der Waals surface area contributed by atoms with Gasteiger partial charge in [0.25, 0.3) is 0 Å². The number of para-hydroxylation sites is 1. The number of ether oxygens (including phenoxy) is 2. The minimum absolute atomic E-state index is 0.121. The molecule has 2 aromatic carbocycles. The van der Waals surface area contributed by atoms with Gasteiger partial charge in [-0.25, -0.2) is 5.43 Å². The Morgan fingerprint density at radius 3 is 2.92 bits per heavy atom. The van der Waals surface area contributed by atoms with Crippen molar-refractivity contribution in [2.75, 3.05) is 13.2 Å². The van der Waals surface area contributed by atoms with Crippen LogP contribution in [0.4, 0.5) is 0 Å². The van der Waals surface area contributed by atoms with Gasteiger partial charge in [-0.15, -0.1) is 0 Å². The number of carbonyl (C=O) groups excluding carboxylic acids is 1. The lowest BCUT2D eigenvalue weighted by atomic mass is 10.1. The van der Waals surface area contributed by atoms with E-state index in [4.69, 9.17) is 9.47 Å². The summed E-state index contributed by atoms with van der Waals surface area (Å²) in [7, 11) is 0. The van der Waals surface area contributed by atoms with E-state index >= 15 is 0 Å². The van der Waals surface area contributed by atoms with Crippen LogP contribution in [0.15, 0.2) is 53.8 Å². The Balaban J connectivity index is 1.32. The van der Waals surface area contributed by atoms with E-state index in [9.17, 15) is 4.79 Å². The Bertz CT molecular complexity index is 962. The predicted molar refractivity (Wildman–Crippen MR) is 99.8 cm³/mol. The number of hydrogen-bond donors (Lipinski definition) is 2. The van der Waals surface area contributed by atoms with Crippen LogP contribution in [0.3, 0.4) is 0 Å². The number of H-pyrrole nitrogens is 1. The Hall–Kier alpha value is -3.28. The number of hydrazone groups is 1. The van der Waals surface area contributed by atoms with Crippen LogP contribution in [-0.4, -0.2) is 30.3 Å². The second kappa shape index (κ2) is 7.31. The number of benzene rings is 2. The maximum Gasteiger partial charge on any atom is 0.240 e. The third-order valence-corrected chi connectivity index (χ3v) is 4.27. The summed E-state index contributed by atoms with van der Waals surface area (Å²) in [5.41, 5.74) is 5.62. The standard InChI is InChI=1S/C20H19N3O3/c24-20(8-6-15-13-21-17-4-2-1-3-16(15)17)23-22-12-14-5-7-18-19(11-14)26-10-9-25-18/h1-5,7,11-13,21H,6,8-10H2,(H,23,24)/b22-12+. The molecule has 2 heterocycles. The molecule has 0 saturated heterocycles. The fraction of sp³-hybridized carbons (Fsp3) is 0.200. The van der Waals surface area contributed by atoms with Gasteiger partial charge in [-0.1, -0.05) is 18.2 Å². The molecule has 0 atom stereocenters. The largest absolute Gasteiger partial charge is 0.486 e. The Labute approximate surface area is 150 Å². The van der Waals surface area contributed by atoms with Crippen LogP contribution in [-0.2, 0) is 11.2 Å². The molecule has 4 rings (SSSR count). The highest BCUT2D eigenvalue weighted by atomic mass is 16.6. The maximum absolute atomic E-state index is 12.0. The van der Waals surface area contributed by atoms with E-state index < -0.39 is 0 Å². The molecule has 3 aromatic rings. The van der Waals surface area contributed by atoms with Gasteiger partial charge in [0.2, 0.25) is 5.91 Å². The second-order valence-electron chi connectivity index (χ2n) is 6.06. The molecular weight excluding hydrogens is 330 g/mol. The van der Waals surface area contributed by atoms with Gasteiger partial charge in [0.05, 0.1) is 6.21 Å². The lowest BCUT2D eigenvalue weighted by molar-refractivity contribution is -0.121. The van der Waals surface area contributed by atoms with Gasteiger partial charge in [0.1, 0.15) is 13.2 Å². The van der Waals surface area contributed by atoms with Gasteiger partial charge < -0.3 is 14.5 Å². The summed E-state index contributed by atoms with van der Waals surface area (Å²) >= 11 is 0. The summed E-state index contributed by atoms with van der Waals surface area (Å²) in [4.78, 5) is 15.2. The van der Waals surface area contributed by atoms with Crippen LogP contribution >= 0.6 is 0 Å².